The Morgan fingerprint density at radius 2 is 1.19 bits per heavy atom. The minimum atomic E-state index is -1.28. The number of hydrogen-bond donors (Lipinski definition) is 0. The van der Waals surface area contributed by atoms with Gasteiger partial charge in [-0.3, -0.25) is 19.7 Å². The summed E-state index contributed by atoms with van der Waals surface area (Å²) >= 11 is 14.7. The van der Waals surface area contributed by atoms with Crippen molar-refractivity contribution in [1.82, 2.24) is 0 Å². The molecule has 1 heterocycles. The smallest absolute Gasteiger partial charge is 0.271 e. The van der Waals surface area contributed by atoms with Gasteiger partial charge in [-0.25, -0.2) is 4.90 Å². The highest BCUT2D eigenvalue weighted by Crippen LogP contribution is 2.69. The summed E-state index contributed by atoms with van der Waals surface area (Å²) in [5.41, 5.74) is 2.75. The number of nitro benzene ring substituents is 1. The summed E-state index contributed by atoms with van der Waals surface area (Å²) in [4.78, 5) is 36.7. The van der Waals surface area contributed by atoms with Crippen LogP contribution in [-0.2, 0) is 19.3 Å². The number of rotatable bonds is 2. The number of amides is 2. The molecule has 0 N–H and O–H groups in total. The molecule has 1 fully saturated rings. The summed E-state index contributed by atoms with van der Waals surface area (Å²) in [6.07, 6.45) is 0. The molecule has 3 aromatic rings. The van der Waals surface area contributed by atoms with E-state index in [1.165, 1.54) is 24.3 Å². The number of anilines is 1. The normalized spacial score (nSPS) is 29.5. The van der Waals surface area contributed by atoms with E-state index >= 15 is 0 Å². The lowest BCUT2D eigenvalue weighted by Gasteiger charge is -2.54. The van der Waals surface area contributed by atoms with Crippen molar-refractivity contribution in [3.8, 4) is 0 Å². The number of benzene rings is 3. The predicted molar refractivity (Wildman–Crippen MR) is 119 cm³/mol. The van der Waals surface area contributed by atoms with Gasteiger partial charge in [0.2, 0.25) is 11.8 Å². The molecule has 158 valence electrons. The van der Waals surface area contributed by atoms with Crippen molar-refractivity contribution in [2.75, 3.05) is 4.90 Å². The zero-order valence-corrected chi connectivity index (χ0v) is 17.9. The minimum Gasteiger partial charge on any atom is -0.274 e. The standard InChI is InChI=1S/C24H14Cl2N2O4/c25-23-15-8-1-2-9-16(15)24(26,18-11-4-3-10-17(18)23)20-19(23)21(29)27(22(20)30)13-6-5-7-14(12-13)28(31)32/h1-12,19-20H/t19-,20-,23?,24?/m0/s1. The number of imide groups is 1. The number of nitrogens with zero attached hydrogens (tertiary/aromatic N) is 2. The van der Waals surface area contributed by atoms with E-state index < -0.39 is 38.3 Å². The number of nitro groups is 1. The first-order valence-corrected chi connectivity index (χ1v) is 10.8. The zero-order chi connectivity index (χ0) is 22.4. The zero-order valence-electron chi connectivity index (χ0n) is 16.4. The Morgan fingerprint density at radius 1 is 0.750 bits per heavy atom. The van der Waals surface area contributed by atoms with Gasteiger partial charge in [0, 0.05) is 12.1 Å². The number of hydrogen-bond acceptors (Lipinski definition) is 4. The van der Waals surface area contributed by atoms with Gasteiger partial charge in [-0.15, -0.1) is 23.2 Å². The van der Waals surface area contributed by atoms with Crippen LogP contribution in [0.1, 0.15) is 22.3 Å². The molecule has 1 saturated heterocycles. The predicted octanol–water partition coefficient (Wildman–Crippen LogP) is 4.69. The molecule has 32 heavy (non-hydrogen) atoms. The van der Waals surface area contributed by atoms with Crippen LogP contribution >= 0.6 is 23.2 Å². The van der Waals surface area contributed by atoms with Crippen LogP contribution in [0.5, 0.6) is 0 Å². The monoisotopic (exact) mass is 464 g/mol. The van der Waals surface area contributed by atoms with Crippen LogP contribution < -0.4 is 4.90 Å². The molecule has 0 aromatic heterocycles. The Labute approximate surface area is 192 Å². The first-order valence-electron chi connectivity index (χ1n) is 10.0. The van der Waals surface area contributed by atoms with E-state index in [2.05, 4.69) is 0 Å². The van der Waals surface area contributed by atoms with Gasteiger partial charge < -0.3 is 0 Å². The Kier molecular flexibility index (Phi) is 3.76. The van der Waals surface area contributed by atoms with Crippen LogP contribution in [0.15, 0.2) is 72.8 Å². The van der Waals surface area contributed by atoms with Gasteiger partial charge in [0.25, 0.3) is 5.69 Å². The summed E-state index contributed by atoms with van der Waals surface area (Å²) in [7, 11) is 0. The quantitative estimate of drug-likeness (QED) is 0.238. The SMILES string of the molecule is O=C1[C@@H]2[C@@H](C(=O)N1c1cccc([N+](=O)[O-])c1)C1(Cl)c3ccccc3C2(Cl)c2ccccc21. The molecule has 1 aliphatic heterocycles. The lowest BCUT2D eigenvalue weighted by Crippen LogP contribution is -2.57. The topological polar surface area (TPSA) is 80.5 Å². The van der Waals surface area contributed by atoms with E-state index in [0.717, 1.165) is 4.90 Å². The van der Waals surface area contributed by atoms with E-state index in [0.29, 0.717) is 22.3 Å². The largest absolute Gasteiger partial charge is 0.274 e. The van der Waals surface area contributed by atoms with Crippen molar-refractivity contribution in [3.05, 3.63) is 105 Å². The summed E-state index contributed by atoms with van der Waals surface area (Å²) in [6.45, 7) is 0. The highest BCUT2D eigenvalue weighted by atomic mass is 35.5. The molecule has 0 radical (unpaired) electrons. The lowest BCUT2D eigenvalue weighted by molar-refractivity contribution is -0.384. The molecule has 7 rings (SSSR count). The Morgan fingerprint density at radius 3 is 1.59 bits per heavy atom. The lowest BCUT2D eigenvalue weighted by atomic mass is 9.54. The first kappa shape index (κ1) is 19.5. The molecular formula is C24H14Cl2N2O4. The van der Waals surface area contributed by atoms with Crippen LogP contribution in [0, 0.1) is 22.0 Å². The molecule has 0 spiro atoms. The van der Waals surface area contributed by atoms with Crippen molar-refractivity contribution >= 4 is 46.4 Å². The molecule has 8 heteroatoms. The Balaban J connectivity index is 1.63. The molecular weight excluding hydrogens is 451 g/mol. The second-order valence-electron chi connectivity index (χ2n) is 8.26. The third-order valence-electron chi connectivity index (χ3n) is 6.88. The number of carbonyl (C=O) groups is 2. The average molecular weight is 465 g/mol. The molecule has 3 aliphatic carbocycles. The van der Waals surface area contributed by atoms with Gasteiger partial charge in [-0.2, -0.15) is 0 Å². The van der Waals surface area contributed by atoms with Crippen LogP contribution in [0.3, 0.4) is 0 Å². The second-order valence-corrected chi connectivity index (χ2v) is 9.45. The van der Waals surface area contributed by atoms with Crippen molar-refractivity contribution in [2.45, 2.75) is 9.75 Å². The molecule has 3 aromatic carbocycles. The Hall–Kier alpha value is -3.22. The number of halogens is 2. The van der Waals surface area contributed by atoms with E-state index in [-0.39, 0.29) is 11.4 Å². The van der Waals surface area contributed by atoms with Crippen molar-refractivity contribution in [1.29, 1.82) is 0 Å². The first-order chi connectivity index (χ1) is 15.3. The van der Waals surface area contributed by atoms with E-state index in [1.807, 2.05) is 48.5 Å². The van der Waals surface area contributed by atoms with Crippen LogP contribution in [0.4, 0.5) is 11.4 Å². The molecule has 2 amide bonds. The highest BCUT2D eigenvalue weighted by Gasteiger charge is 2.73. The number of alkyl halides is 2. The maximum Gasteiger partial charge on any atom is 0.271 e. The van der Waals surface area contributed by atoms with Crippen molar-refractivity contribution in [3.63, 3.8) is 0 Å². The van der Waals surface area contributed by atoms with E-state index in [4.69, 9.17) is 23.2 Å². The van der Waals surface area contributed by atoms with E-state index in [1.54, 1.807) is 0 Å². The third kappa shape index (κ3) is 2.07. The summed E-state index contributed by atoms with van der Waals surface area (Å²) in [6, 6.07) is 20.2. The Bertz CT molecular complexity index is 1250. The molecule has 0 saturated carbocycles. The summed E-state index contributed by atoms with van der Waals surface area (Å²) < 4.78 is 0. The van der Waals surface area contributed by atoms with Crippen LogP contribution in [0.2, 0.25) is 0 Å². The van der Waals surface area contributed by atoms with Gasteiger partial charge >= 0.3 is 0 Å². The van der Waals surface area contributed by atoms with Gasteiger partial charge in [0.1, 0.15) is 9.75 Å². The molecule has 2 atom stereocenters. The molecule has 6 nitrogen and oxygen atoms in total. The van der Waals surface area contributed by atoms with Gasteiger partial charge in [-0.1, -0.05) is 54.6 Å². The maximum atomic E-state index is 13.8. The fourth-order valence-corrected chi connectivity index (χ4v) is 6.77. The molecule has 4 aliphatic rings. The fraction of sp³-hybridized carbons (Fsp3) is 0.167. The van der Waals surface area contributed by atoms with Gasteiger partial charge in [0.05, 0.1) is 22.4 Å². The second kappa shape index (κ2) is 6.18. The van der Waals surface area contributed by atoms with Crippen molar-refractivity contribution < 1.29 is 14.5 Å². The molecule has 0 unspecified atom stereocenters. The summed E-state index contributed by atoms with van der Waals surface area (Å²) in [5.74, 6) is -2.91. The third-order valence-corrected chi connectivity index (χ3v) is 8.17. The average Bonchev–Trinajstić information content (AvgIpc) is 3.08. The molecule has 2 bridgehead atoms. The van der Waals surface area contributed by atoms with E-state index in [9.17, 15) is 19.7 Å². The number of carbonyl (C=O) groups excluding carboxylic acids is 2. The van der Waals surface area contributed by atoms with Crippen LogP contribution in [-0.4, -0.2) is 16.7 Å². The minimum absolute atomic E-state index is 0.136. The number of non-ortho nitro benzene ring substituents is 1. The maximum absolute atomic E-state index is 13.8. The summed E-state index contributed by atoms with van der Waals surface area (Å²) in [5, 5.41) is 11.3. The fourth-order valence-electron chi connectivity index (χ4n) is 5.67. The van der Waals surface area contributed by atoms with Gasteiger partial charge in [-0.05, 0) is 28.3 Å². The van der Waals surface area contributed by atoms with Crippen molar-refractivity contribution in [2.24, 2.45) is 11.8 Å². The highest BCUT2D eigenvalue weighted by molar-refractivity contribution is 6.38. The van der Waals surface area contributed by atoms with Gasteiger partial charge in [0.15, 0.2) is 0 Å². The van der Waals surface area contributed by atoms with Crippen LogP contribution in [0.25, 0.3) is 0 Å².